The minimum Gasteiger partial charge on any atom is -0.268 e. The van der Waals surface area contributed by atoms with E-state index in [9.17, 15) is 0 Å². The SMILES string of the molecule is CCC(Cl)c1c(C)nn(CCSC)c1C. The van der Waals surface area contributed by atoms with E-state index >= 15 is 0 Å². The van der Waals surface area contributed by atoms with E-state index < -0.39 is 0 Å². The molecule has 15 heavy (non-hydrogen) atoms. The number of hydrogen-bond acceptors (Lipinski definition) is 2. The minimum absolute atomic E-state index is 0.105. The lowest BCUT2D eigenvalue weighted by molar-refractivity contribution is 0.639. The molecule has 86 valence electrons. The Morgan fingerprint density at radius 3 is 2.67 bits per heavy atom. The molecule has 0 fully saturated rings. The van der Waals surface area contributed by atoms with Crippen molar-refractivity contribution in [3.63, 3.8) is 0 Å². The van der Waals surface area contributed by atoms with Gasteiger partial charge in [0.25, 0.3) is 0 Å². The van der Waals surface area contributed by atoms with Gasteiger partial charge in [0.05, 0.1) is 17.6 Å². The lowest BCUT2D eigenvalue weighted by Crippen LogP contribution is -2.05. The predicted molar refractivity (Wildman–Crippen MR) is 69.0 cm³/mol. The highest BCUT2D eigenvalue weighted by atomic mass is 35.5. The summed E-state index contributed by atoms with van der Waals surface area (Å²) in [5.74, 6) is 1.10. The number of hydrogen-bond donors (Lipinski definition) is 0. The number of thioether (sulfide) groups is 1. The van der Waals surface area contributed by atoms with E-state index in [2.05, 4.69) is 29.9 Å². The number of nitrogens with zero attached hydrogens (tertiary/aromatic N) is 2. The summed E-state index contributed by atoms with van der Waals surface area (Å²) in [7, 11) is 0. The first-order valence-electron chi connectivity index (χ1n) is 5.28. The molecule has 0 aliphatic rings. The van der Waals surface area contributed by atoms with E-state index in [1.54, 1.807) is 0 Å². The molecule has 0 aromatic carbocycles. The summed E-state index contributed by atoms with van der Waals surface area (Å²) in [5.41, 5.74) is 3.53. The quantitative estimate of drug-likeness (QED) is 0.740. The zero-order valence-electron chi connectivity index (χ0n) is 9.88. The van der Waals surface area contributed by atoms with Crippen LogP contribution in [0.4, 0.5) is 0 Å². The summed E-state index contributed by atoms with van der Waals surface area (Å²) in [5, 5.41) is 4.64. The zero-order valence-corrected chi connectivity index (χ0v) is 11.5. The summed E-state index contributed by atoms with van der Waals surface area (Å²) in [6.45, 7) is 7.24. The van der Waals surface area contributed by atoms with Crippen LogP contribution in [0.15, 0.2) is 0 Å². The molecule has 0 saturated carbocycles. The summed E-state index contributed by atoms with van der Waals surface area (Å²) < 4.78 is 2.08. The average Bonchev–Trinajstić information content (AvgIpc) is 2.50. The van der Waals surface area contributed by atoms with Crippen LogP contribution in [0, 0.1) is 13.8 Å². The summed E-state index contributed by atoms with van der Waals surface area (Å²) >= 11 is 8.13. The van der Waals surface area contributed by atoms with Crippen LogP contribution >= 0.6 is 23.4 Å². The molecule has 1 rings (SSSR count). The fourth-order valence-electron chi connectivity index (χ4n) is 1.76. The Morgan fingerprint density at radius 2 is 2.13 bits per heavy atom. The maximum absolute atomic E-state index is 6.29. The molecule has 0 aliphatic carbocycles. The van der Waals surface area contributed by atoms with Crippen molar-refractivity contribution in [1.82, 2.24) is 9.78 Å². The molecule has 0 bridgehead atoms. The van der Waals surface area contributed by atoms with Crippen molar-refractivity contribution in [3.05, 3.63) is 17.0 Å². The van der Waals surface area contributed by atoms with Gasteiger partial charge in [0.2, 0.25) is 0 Å². The van der Waals surface area contributed by atoms with Gasteiger partial charge >= 0.3 is 0 Å². The Hall–Kier alpha value is -0.150. The average molecular weight is 247 g/mol. The number of aryl methyl sites for hydroxylation is 2. The molecule has 0 radical (unpaired) electrons. The van der Waals surface area contributed by atoms with E-state index in [0.29, 0.717) is 0 Å². The highest BCUT2D eigenvalue weighted by Crippen LogP contribution is 2.29. The van der Waals surface area contributed by atoms with Crippen LogP contribution in [0.25, 0.3) is 0 Å². The van der Waals surface area contributed by atoms with Crippen molar-refractivity contribution in [2.75, 3.05) is 12.0 Å². The Bertz CT molecular complexity index is 323. The van der Waals surface area contributed by atoms with Gasteiger partial charge < -0.3 is 0 Å². The van der Waals surface area contributed by atoms with Crippen molar-refractivity contribution in [3.8, 4) is 0 Å². The zero-order chi connectivity index (χ0) is 11.4. The van der Waals surface area contributed by atoms with Crippen LogP contribution in [0.1, 0.15) is 35.7 Å². The van der Waals surface area contributed by atoms with Gasteiger partial charge in [-0.1, -0.05) is 6.92 Å². The van der Waals surface area contributed by atoms with Gasteiger partial charge in [0, 0.05) is 17.0 Å². The number of halogens is 1. The van der Waals surface area contributed by atoms with Crippen LogP contribution in [0.3, 0.4) is 0 Å². The molecule has 4 heteroatoms. The van der Waals surface area contributed by atoms with Crippen LogP contribution in [-0.4, -0.2) is 21.8 Å². The molecule has 0 amide bonds. The number of alkyl halides is 1. The lowest BCUT2D eigenvalue weighted by atomic mass is 10.1. The molecular weight excluding hydrogens is 228 g/mol. The number of rotatable bonds is 5. The molecule has 0 N–H and O–H groups in total. The van der Waals surface area contributed by atoms with E-state index in [0.717, 1.165) is 24.4 Å². The standard InChI is InChI=1S/C11H19ClN2S/c1-5-10(12)11-8(2)13-14(9(11)3)6-7-15-4/h10H,5-7H2,1-4H3. The van der Waals surface area contributed by atoms with Gasteiger partial charge in [-0.15, -0.1) is 11.6 Å². The lowest BCUT2D eigenvalue weighted by Gasteiger charge is -2.07. The smallest absolute Gasteiger partial charge is 0.0643 e. The van der Waals surface area contributed by atoms with Gasteiger partial charge in [-0.05, 0) is 26.5 Å². The summed E-state index contributed by atoms with van der Waals surface area (Å²) in [6, 6.07) is 0. The third kappa shape index (κ3) is 2.91. The van der Waals surface area contributed by atoms with Crippen molar-refractivity contribution in [2.45, 2.75) is 39.1 Å². The van der Waals surface area contributed by atoms with E-state index in [4.69, 9.17) is 11.6 Å². The Kier molecular flexibility index (Phi) is 5.00. The molecule has 0 saturated heterocycles. The van der Waals surface area contributed by atoms with Crippen LogP contribution in [0.2, 0.25) is 0 Å². The topological polar surface area (TPSA) is 17.8 Å². The first-order chi connectivity index (χ1) is 7.11. The molecule has 0 spiro atoms. The minimum atomic E-state index is 0.105. The highest BCUT2D eigenvalue weighted by molar-refractivity contribution is 7.98. The maximum Gasteiger partial charge on any atom is 0.0643 e. The molecule has 1 unspecified atom stereocenters. The largest absolute Gasteiger partial charge is 0.268 e. The summed E-state index contributed by atoms with van der Waals surface area (Å²) in [6.07, 6.45) is 3.07. The van der Waals surface area contributed by atoms with Gasteiger partial charge in [-0.3, -0.25) is 4.68 Å². The Labute approximate surface area is 101 Å². The first-order valence-corrected chi connectivity index (χ1v) is 7.11. The normalized spacial score (nSPS) is 13.1. The van der Waals surface area contributed by atoms with Gasteiger partial charge in [-0.2, -0.15) is 16.9 Å². The molecule has 0 aliphatic heterocycles. The van der Waals surface area contributed by atoms with Crippen LogP contribution in [0.5, 0.6) is 0 Å². The molecule has 1 heterocycles. The Balaban J connectivity index is 2.93. The predicted octanol–water partition coefficient (Wildman–Crippen LogP) is 3.55. The molecule has 1 aromatic rings. The molecular formula is C11H19ClN2S. The van der Waals surface area contributed by atoms with Crippen molar-refractivity contribution in [2.24, 2.45) is 0 Å². The van der Waals surface area contributed by atoms with Crippen molar-refractivity contribution < 1.29 is 0 Å². The van der Waals surface area contributed by atoms with Crippen LogP contribution in [-0.2, 0) is 6.54 Å². The summed E-state index contributed by atoms with van der Waals surface area (Å²) in [4.78, 5) is 0. The van der Waals surface area contributed by atoms with E-state index in [1.165, 1.54) is 11.3 Å². The van der Waals surface area contributed by atoms with Crippen molar-refractivity contribution in [1.29, 1.82) is 0 Å². The first kappa shape index (κ1) is 12.9. The second-order valence-corrected chi connectivity index (χ2v) is 5.19. The molecule has 1 atom stereocenters. The third-order valence-electron chi connectivity index (χ3n) is 2.62. The van der Waals surface area contributed by atoms with Gasteiger partial charge in [0.1, 0.15) is 0 Å². The molecule has 2 nitrogen and oxygen atoms in total. The highest BCUT2D eigenvalue weighted by Gasteiger charge is 2.17. The second-order valence-electron chi connectivity index (χ2n) is 3.68. The van der Waals surface area contributed by atoms with Crippen LogP contribution < -0.4 is 0 Å². The molecule has 1 aromatic heterocycles. The Morgan fingerprint density at radius 1 is 1.47 bits per heavy atom. The van der Waals surface area contributed by atoms with E-state index in [-0.39, 0.29) is 5.38 Å². The van der Waals surface area contributed by atoms with Gasteiger partial charge in [-0.25, -0.2) is 0 Å². The van der Waals surface area contributed by atoms with E-state index in [1.807, 2.05) is 18.7 Å². The monoisotopic (exact) mass is 246 g/mol. The fourth-order valence-corrected chi connectivity index (χ4v) is 2.43. The van der Waals surface area contributed by atoms with Crippen molar-refractivity contribution >= 4 is 23.4 Å². The second kappa shape index (κ2) is 5.80. The third-order valence-corrected chi connectivity index (χ3v) is 3.73. The van der Waals surface area contributed by atoms with Gasteiger partial charge in [0.15, 0.2) is 0 Å². The maximum atomic E-state index is 6.29. The fraction of sp³-hybridized carbons (Fsp3) is 0.727. The number of aromatic nitrogens is 2.